The van der Waals surface area contributed by atoms with E-state index in [9.17, 15) is 4.79 Å². The number of benzene rings is 1. The van der Waals surface area contributed by atoms with Gasteiger partial charge in [0.2, 0.25) is 0 Å². The first-order chi connectivity index (χ1) is 15.9. The molecule has 0 spiro atoms. The first-order valence-electron chi connectivity index (χ1n) is 11.0. The molecule has 0 saturated heterocycles. The van der Waals surface area contributed by atoms with E-state index in [1.54, 1.807) is 7.11 Å². The van der Waals surface area contributed by atoms with Crippen LogP contribution in [-0.4, -0.2) is 48.3 Å². The first-order valence-corrected chi connectivity index (χ1v) is 11.8. The number of methoxy groups -OCH3 is 1. The van der Waals surface area contributed by atoms with Gasteiger partial charge in [0.15, 0.2) is 5.13 Å². The molecule has 0 atom stereocenters. The van der Waals surface area contributed by atoms with Crippen molar-refractivity contribution in [1.29, 1.82) is 0 Å². The number of ether oxygens (including phenoxy) is 2. The summed E-state index contributed by atoms with van der Waals surface area (Å²) in [5, 5.41) is 7.27. The second kappa shape index (κ2) is 8.64. The Kier molecular flexibility index (Phi) is 5.67. The Balaban J connectivity index is 1.43. The molecule has 2 aromatic heterocycles. The lowest BCUT2D eigenvalue weighted by atomic mass is 9.94. The summed E-state index contributed by atoms with van der Waals surface area (Å²) in [6, 6.07) is 11.9. The molecule has 0 unspecified atom stereocenters. The molecule has 0 radical (unpaired) electrons. The van der Waals surface area contributed by atoms with Crippen LogP contribution in [0.25, 0.3) is 0 Å². The van der Waals surface area contributed by atoms with Gasteiger partial charge in [0, 0.05) is 36.9 Å². The van der Waals surface area contributed by atoms with Crippen molar-refractivity contribution in [2.24, 2.45) is 0 Å². The number of carbonyl (C=O) groups excluding carboxylic acids is 1. The predicted molar refractivity (Wildman–Crippen MR) is 129 cm³/mol. The molecule has 8 nitrogen and oxygen atoms in total. The molecule has 1 amide bonds. The van der Waals surface area contributed by atoms with Crippen molar-refractivity contribution in [3.63, 3.8) is 0 Å². The highest BCUT2D eigenvalue weighted by atomic mass is 32.1. The topological polar surface area (TPSA) is 88.6 Å². The fourth-order valence-corrected chi connectivity index (χ4v) is 5.13. The van der Waals surface area contributed by atoms with Crippen molar-refractivity contribution < 1.29 is 14.3 Å². The number of aromatic nitrogens is 2. The maximum Gasteiger partial charge on any atom is 0.263 e. The first kappa shape index (κ1) is 21.7. The molecule has 1 aromatic carbocycles. The fraction of sp³-hybridized carbons (Fsp3) is 0.375. The van der Waals surface area contributed by atoms with Crippen LogP contribution in [0, 0.1) is 0 Å². The van der Waals surface area contributed by atoms with E-state index in [0.717, 1.165) is 45.9 Å². The normalized spacial score (nSPS) is 16.5. The highest BCUT2D eigenvalue weighted by Crippen LogP contribution is 2.42. The average molecular weight is 466 g/mol. The number of hydrogen-bond donors (Lipinski definition) is 2. The molecule has 3 aromatic rings. The van der Waals surface area contributed by atoms with Crippen molar-refractivity contribution in [2.75, 3.05) is 37.1 Å². The van der Waals surface area contributed by atoms with Crippen LogP contribution < -0.4 is 20.3 Å². The molecule has 0 bridgehead atoms. The zero-order valence-corrected chi connectivity index (χ0v) is 19.8. The van der Waals surface area contributed by atoms with Gasteiger partial charge in [-0.25, -0.2) is 9.97 Å². The molecule has 0 aliphatic carbocycles. The van der Waals surface area contributed by atoms with Gasteiger partial charge in [-0.15, -0.1) is 0 Å². The summed E-state index contributed by atoms with van der Waals surface area (Å²) < 4.78 is 11.1. The van der Waals surface area contributed by atoms with Crippen LogP contribution in [0.2, 0.25) is 0 Å². The minimum atomic E-state index is -0.291. The van der Waals surface area contributed by atoms with Gasteiger partial charge in [-0.1, -0.05) is 17.4 Å². The zero-order valence-electron chi connectivity index (χ0n) is 19.0. The van der Waals surface area contributed by atoms with Crippen molar-refractivity contribution >= 4 is 39.6 Å². The molecule has 2 N–H and O–H groups in total. The summed E-state index contributed by atoms with van der Waals surface area (Å²) in [6.45, 7) is 5.90. The number of nitrogens with one attached hydrogen (secondary N) is 2. The van der Waals surface area contributed by atoms with Crippen molar-refractivity contribution in [3.8, 4) is 5.75 Å². The highest BCUT2D eigenvalue weighted by Gasteiger charge is 2.34. The molecule has 5 rings (SSSR count). The Hall–Kier alpha value is -3.17. The van der Waals surface area contributed by atoms with Gasteiger partial charge in [0.1, 0.15) is 23.1 Å². The second-order valence-electron chi connectivity index (χ2n) is 8.85. The Bertz CT molecular complexity index is 1190. The molecular formula is C24H27N5O3S. The summed E-state index contributed by atoms with van der Waals surface area (Å²) in [6.07, 6.45) is 1.48. The Morgan fingerprint density at radius 3 is 3.00 bits per heavy atom. The van der Waals surface area contributed by atoms with Crippen LogP contribution in [0.1, 0.15) is 34.9 Å². The van der Waals surface area contributed by atoms with Gasteiger partial charge in [-0.05, 0) is 44.2 Å². The lowest BCUT2D eigenvalue weighted by Gasteiger charge is -2.30. The van der Waals surface area contributed by atoms with Crippen LogP contribution in [0.4, 0.5) is 22.3 Å². The number of amides is 1. The summed E-state index contributed by atoms with van der Waals surface area (Å²) >= 11 is 1.44. The van der Waals surface area contributed by atoms with Crippen LogP contribution in [0.5, 0.6) is 5.75 Å². The van der Waals surface area contributed by atoms with Crippen LogP contribution in [0.15, 0.2) is 36.4 Å². The van der Waals surface area contributed by atoms with E-state index >= 15 is 0 Å². The number of anilines is 4. The summed E-state index contributed by atoms with van der Waals surface area (Å²) in [5.74, 6) is 1.52. The van der Waals surface area contributed by atoms with Gasteiger partial charge >= 0.3 is 0 Å². The van der Waals surface area contributed by atoms with E-state index in [1.807, 2.05) is 50.2 Å². The van der Waals surface area contributed by atoms with Crippen molar-refractivity contribution in [2.45, 2.75) is 32.2 Å². The van der Waals surface area contributed by atoms with Gasteiger partial charge in [0.25, 0.3) is 5.91 Å². The second-order valence-corrected chi connectivity index (χ2v) is 9.83. The predicted octanol–water partition coefficient (Wildman–Crippen LogP) is 4.07. The molecular weight excluding hydrogens is 438 g/mol. The number of rotatable bonds is 6. The third-order valence-electron chi connectivity index (χ3n) is 5.65. The van der Waals surface area contributed by atoms with E-state index in [1.165, 1.54) is 11.3 Å². The molecule has 0 saturated carbocycles. The Labute approximate surface area is 197 Å². The van der Waals surface area contributed by atoms with Gasteiger partial charge in [0.05, 0.1) is 24.5 Å². The quantitative estimate of drug-likeness (QED) is 0.567. The molecule has 2 aliphatic heterocycles. The lowest BCUT2D eigenvalue weighted by Crippen LogP contribution is -2.48. The lowest BCUT2D eigenvalue weighted by molar-refractivity contribution is 0.0901. The monoisotopic (exact) mass is 465 g/mol. The van der Waals surface area contributed by atoms with E-state index in [0.29, 0.717) is 31.1 Å². The summed E-state index contributed by atoms with van der Waals surface area (Å²) in [7, 11) is 1.69. The molecule has 33 heavy (non-hydrogen) atoms. The standard InChI is InChI=1S/C24H27N5O3S/c1-24(2)14-17-21(22(30)28-24)33-23(27-17)29-10-12-32-19-8-7-16(13-18(19)29)26-20-6-4-5-15(25-20)9-11-31-3/h4-8,13H,9-12,14H2,1-3H3,(H,25,26)(H,28,30). The van der Waals surface area contributed by atoms with Crippen molar-refractivity contribution in [1.82, 2.24) is 15.3 Å². The summed E-state index contributed by atoms with van der Waals surface area (Å²) in [4.78, 5) is 24.9. The zero-order chi connectivity index (χ0) is 23.0. The maximum absolute atomic E-state index is 12.6. The van der Waals surface area contributed by atoms with Crippen LogP contribution in [0.3, 0.4) is 0 Å². The number of hydrogen-bond acceptors (Lipinski definition) is 8. The van der Waals surface area contributed by atoms with Crippen LogP contribution >= 0.6 is 11.3 Å². The molecule has 9 heteroatoms. The molecule has 0 fully saturated rings. The molecule has 172 valence electrons. The number of carbonyl (C=O) groups is 1. The van der Waals surface area contributed by atoms with E-state index in [-0.39, 0.29) is 11.4 Å². The third kappa shape index (κ3) is 4.51. The SMILES string of the molecule is COCCc1cccc(Nc2ccc3c(c2)N(c2nc4c(s2)C(=O)NC(C)(C)C4)CCO3)n1. The molecule has 4 heterocycles. The maximum atomic E-state index is 12.6. The summed E-state index contributed by atoms with van der Waals surface area (Å²) in [5.41, 5.74) is 3.37. The van der Waals surface area contributed by atoms with Gasteiger partial charge in [-0.3, -0.25) is 4.79 Å². The van der Waals surface area contributed by atoms with E-state index in [2.05, 4.69) is 20.5 Å². The number of nitrogens with zero attached hydrogens (tertiary/aromatic N) is 3. The van der Waals surface area contributed by atoms with Crippen LogP contribution in [-0.2, 0) is 17.6 Å². The highest BCUT2D eigenvalue weighted by molar-refractivity contribution is 7.17. The number of pyridine rings is 1. The Morgan fingerprint density at radius 1 is 1.27 bits per heavy atom. The largest absolute Gasteiger partial charge is 0.490 e. The minimum absolute atomic E-state index is 0.0478. The van der Waals surface area contributed by atoms with Gasteiger partial charge in [-0.2, -0.15) is 0 Å². The minimum Gasteiger partial charge on any atom is -0.490 e. The van der Waals surface area contributed by atoms with Crippen molar-refractivity contribution in [3.05, 3.63) is 52.7 Å². The molecule has 2 aliphatic rings. The third-order valence-corrected chi connectivity index (χ3v) is 6.77. The number of thiazole rings is 1. The number of fused-ring (bicyclic) bond motifs is 2. The van der Waals surface area contributed by atoms with E-state index < -0.39 is 0 Å². The Morgan fingerprint density at radius 2 is 2.15 bits per heavy atom. The van der Waals surface area contributed by atoms with Gasteiger partial charge < -0.3 is 25.0 Å². The smallest absolute Gasteiger partial charge is 0.263 e. The van der Waals surface area contributed by atoms with E-state index in [4.69, 9.17) is 14.5 Å². The fourth-order valence-electron chi connectivity index (χ4n) is 4.12. The average Bonchev–Trinajstić information content (AvgIpc) is 3.20.